The van der Waals surface area contributed by atoms with Gasteiger partial charge >= 0.3 is 0 Å². The summed E-state index contributed by atoms with van der Waals surface area (Å²) in [6.45, 7) is 7.98. The molecule has 1 aromatic carbocycles. The van der Waals surface area contributed by atoms with Crippen LogP contribution in [0.3, 0.4) is 0 Å². The molecule has 0 spiro atoms. The number of likely N-dealkylation sites (N-methyl/N-ethyl adjacent to an activating group) is 1. The number of piperazine rings is 1. The summed E-state index contributed by atoms with van der Waals surface area (Å²) in [7, 11) is 2.19. The molecule has 0 amide bonds. The smallest absolute Gasteiger partial charge is 0.123 e. The standard InChI is InChI=1S/C25H32N6O/c1-29-11-13-30(14-12-29)15-16-32-23-7-3-2-5-21(23)18-31-10-8-22-24(28-19-27-22)25(31)20-6-4-9-26-17-20/h2-7,9,17,19,25H,8,10-16,18H2,1H3,(H,27,28)/t25-/m1/s1. The fraction of sp³-hybridized carbons (Fsp3) is 0.440. The molecule has 1 saturated heterocycles. The number of hydrogen-bond donors (Lipinski definition) is 1. The highest BCUT2D eigenvalue weighted by Crippen LogP contribution is 2.35. The van der Waals surface area contributed by atoms with Gasteiger partial charge in [0.2, 0.25) is 0 Å². The number of nitrogens with zero attached hydrogens (tertiary/aromatic N) is 5. The lowest BCUT2D eigenvalue weighted by Crippen LogP contribution is -2.45. The van der Waals surface area contributed by atoms with E-state index in [0.29, 0.717) is 0 Å². The van der Waals surface area contributed by atoms with Crippen molar-refractivity contribution in [2.24, 2.45) is 0 Å². The van der Waals surface area contributed by atoms with Crippen molar-refractivity contribution in [2.45, 2.75) is 19.0 Å². The van der Waals surface area contributed by atoms with Crippen LogP contribution in [0.2, 0.25) is 0 Å². The van der Waals surface area contributed by atoms with Crippen LogP contribution in [0.5, 0.6) is 5.75 Å². The third-order valence-electron chi connectivity index (χ3n) is 6.63. The predicted octanol–water partition coefficient (Wildman–Crippen LogP) is 2.58. The van der Waals surface area contributed by atoms with Gasteiger partial charge in [-0.15, -0.1) is 0 Å². The second-order valence-corrected chi connectivity index (χ2v) is 8.78. The molecule has 5 rings (SSSR count). The molecule has 2 aliphatic heterocycles. The summed E-state index contributed by atoms with van der Waals surface area (Å²) in [4.78, 5) is 19.7. The van der Waals surface area contributed by atoms with E-state index in [1.165, 1.54) is 16.8 Å². The molecular formula is C25H32N6O. The Labute approximate surface area is 190 Å². The van der Waals surface area contributed by atoms with Gasteiger partial charge in [0.15, 0.2) is 0 Å². The summed E-state index contributed by atoms with van der Waals surface area (Å²) in [6.07, 6.45) is 6.57. The van der Waals surface area contributed by atoms with E-state index in [4.69, 9.17) is 4.74 Å². The van der Waals surface area contributed by atoms with E-state index in [1.807, 2.05) is 24.8 Å². The van der Waals surface area contributed by atoms with Gasteiger partial charge < -0.3 is 14.6 Å². The van der Waals surface area contributed by atoms with E-state index >= 15 is 0 Å². The average molecular weight is 433 g/mol. The third kappa shape index (κ3) is 4.70. The fourth-order valence-corrected chi connectivity index (χ4v) is 4.75. The summed E-state index contributed by atoms with van der Waals surface area (Å²) in [5.74, 6) is 0.986. The van der Waals surface area contributed by atoms with Gasteiger partial charge in [-0.05, 0) is 24.7 Å². The van der Waals surface area contributed by atoms with Crippen LogP contribution in [-0.2, 0) is 13.0 Å². The molecule has 2 aromatic heterocycles. The van der Waals surface area contributed by atoms with Crippen molar-refractivity contribution in [1.82, 2.24) is 29.7 Å². The summed E-state index contributed by atoms with van der Waals surface area (Å²) >= 11 is 0. The lowest BCUT2D eigenvalue weighted by atomic mass is 9.96. The molecule has 0 saturated carbocycles. The molecule has 4 heterocycles. The zero-order chi connectivity index (χ0) is 21.8. The van der Waals surface area contributed by atoms with Crippen LogP contribution in [-0.4, -0.2) is 82.6 Å². The van der Waals surface area contributed by atoms with Gasteiger partial charge in [0.1, 0.15) is 12.4 Å². The van der Waals surface area contributed by atoms with Gasteiger partial charge in [0.05, 0.1) is 18.1 Å². The molecule has 2 aliphatic rings. The lowest BCUT2D eigenvalue weighted by molar-refractivity contribution is 0.132. The van der Waals surface area contributed by atoms with Gasteiger partial charge in [-0.2, -0.15) is 0 Å². The minimum Gasteiger partial charge on any atom is -0.492 e. The number of hydrogen-bond acceptors (Lipinski definition) is 6. The van der Waals surface area contributed by atoms with Crippen LogP contribution >= 0.6 is 0 Å². The van der Waals surface area contributed by atoms with Crippen molar-refractivity contribution in [2.75, 3.05) is 52.9 Å². The highest BCUT2D eigenvalue weighted by molar-refractivity contribution is 5.35. The number of pyridine rings is 1. The molecule has 0 radical (unpaired) electrons. The highest BCUT2D eigenvalue weighted by Gasteiger charge is 2.31. The van der Waals surface area contributed by atoms with Crippen molar-refractivity contribution in [3.63, 3.8) is 0 Å². The fourth-order valence-electron chi connectivity index (χ4n) is 4.75. The molecule has 1 fully saturated rings. The number of H-pyrrole nitrogens is 1. The normalized spacial score (nSPS) is 20.2. The second kappa shape index (κ2) is 9.81. The molecule has 0 aliphatic carbocycles. The van der Waals surface area contributed by atoms with Crippen molar-refractivity contribution >= 4 is 0 Å². The third-order valence-corrected chi connectivity index (χ3v) is 6.63. The largest absolute Gasteiger partial charge is 0.492 e. The molecule has 7 nitrogen and oxygen atoms in total. The molecule has 0 bridgehead atoms. The second-order valence-electron chi connectivity index (χ2n) is 8.78. The van der Waals surface area contributed by atoms with Gasteiger partial charge in [-0.3, -0.25) is 14.8 Å². The number of ether oxygens (including phenoxy) is 1. The number of rotatable bonds is 7. The number of fused-ring (bicyclic) bond motifs is 1. The first-order chi connectivity index (χ1) is 15.8. The average Bonchev–Trinajstić information content (AvgIpc) is 3.31. The van der Waals surface area contributed by atoms with Gasteiger partial charge in [-0.1, -0.05) is 24.3 Å². The van der Waals surface area contributed by atoms with E-state index < -0.39 is 0 Å². The minimum atomic E-state index is 0.0945. The van der Waals surface area contributed by atoms with Crippen molar-refractivity contribution in [3.05, 3.63) is 77.6 Å². The molecule has 1 N–H and O–H groups in total. The van der Waals surface area contributed by atoms with Crippen LogP contribution < -0.4 is 4.74 Å². The minimum absolute atomic E-state index is 0.0945. The highest BCUT2D eigenvalue weighted by atomic mass is 16.5. The van der Waals surface area contributed by atoms with E-state index in [0.717, 1.165) is 70.3 Å². The van der Waals surface area contributed by atoms with Crippen molar-refractivity contribution in [3.8, 4) is 5.75 Å². The van der Waals surface area contributed by atoms with Crippen LogP contribution in [0.4, 0.5) is 0 Å². The Morgan fingerprint density at radius 1 is 1.06 bits per heavy atom. The van der Waals surface area contributed by atoms with E-state index in [-0.39, 0.29) is 6.04 Å². The first-order valence-electron chi connectivity index (χ1n) is 11.6. The number of para-hydroxylation sites is 1. The zero-order valence-corrected chi connectivity index (χ0v) is 18.8. The van der Waals surface area contributed by atoms with Gasteiger partial charge in [-0.25, -0.2) is 4.98 Å². The number of aromatic nitrogens is 3. The maximum absolute atomic E-state index is 6.29. The Balaban J connectivity index is 1.29. The molecule has 7 heteroatoms. The predicted molar refractivity (Wildman–Crippen MR) is 125 cm³/mol. The Bertz CT molecular complexity index is 998. The maximum Gasteiger partial charge on any atom is 0.123 e. The Morgan fingerprint density at radius 2 is 1.94 bits per heavy atom. The maximum atomic E-state index is 6.29. The number of nitrogens with one attached hydrogen (secondary N) is 1. The van der Waals surface area contributed by atoms with Crippen LogP contribution in [0.1, 0.15) is 28.6 Å². The summed E-state index contributed by atoms with van der Waals surface area (Å²) in [5, 5.41) is 0. The molecule has 0 unspecified atom stereocenters. The van der Waals surface area contributed by atoms with E-state index in [9.17, 15) is 0 Å². The Morgan fingerprint density at radius 3 is 2.78 bits per heavy atom. The number of benzene rings is 1. The Hall–Kier alpha value is -2.74. The molecule has 168 valence electrons. The first kappa shape index (κ1) is 21.1. The van der Waals surface area contributed by atoms with Gasteiger partial charge in [0, 0.05) is 75.9 Å². The Kier molecular flexibility index (Phi) is 6.48. The summed E-state index contributed by atoms with van der Waals surface area (Å²) < 4.78 is 6.29. The monoisotopic (exact) mass is 432 g/mol. The quantitative estimate of drug-likeness (QED) is 0.619. The lowest BCUT2D eigenvalue weighted by Gasteiger charge is -2.35. The van der Waals surface area contributed by atoms with E-state index in [2.05, 4.69) is 67.0 Å². The van der Waals surface area contributed by atoms with Crippen LogP contribution in [0.15, 0.2) is 55.1 Å². The zero-order valence-electron chi connectivity index (χ0n) is 18.8. The molecule has 3 aromatic rings. The molecule has 1 atom stereocenters. The first-order valence-corrected chi connectivity index (χ1v) is 11.6. The number of imidazole rings is 1. The van der Waals surface area contributed by atoms with E-state index in [1.54, 1.807) is 0 Å². The number of aromatic amines is 1. The summed E-state index contributed by atoms with van der Waals surface area (Å²) in [5.41, 5.74) is 4.73. The van der Waals surface area contributed by atoms with Crippen LogP contribution in [0, 0.1) is 0 Å². The molecule has 32 heavy (non-hydrogen) atoms. The van der Waals surface area contributed by atoms with Crippen molar-refractivity contribution in [1.29, 1.82) is 0 Å². The SMILES string of the molecule is CN1CCN(CCOc2ccccc2CN2CCc3[nH]cnc3[C@H]2c2cccnc2)CC1. The molecular weight excluding hydrogens is 400 g/mol. The van der Waals surface area contributed by atoms with Crippen molar-refractivity contribution < 1.29 is 4.74 Å². The summed E-state index contributed by atoms with van der Waals surface area (Å²) in [6, 6.07) is 12.7. The van der Waals surface area contributed by atoms with Crippen LogP contribution in [0.25, 0.3) is 0 Å². The van der Waals surface area contributed by atoms with Gasteiger partial charge in [0.25, 0.3) is 0 Å². The topological polar surface area (TPSA) is 60.5 Å².